The Balaban J connectivity index is 0.00000109. The van der Waals surface area contributed by atoms with E-state index in [-0.39, 0.29) is 29.7 Å². The van der Waals surface area contributed by atoms with E-state index >= 15 is 0 Å². The third kappa shape index (κ3) is 6.34. The zero-order chi connectivity index (χ0) is 27.1. The van der Waals surface area contributed by atoms with E-state index in [2.05, 4.69) is 25.8 Å². The molecule has 36 heavy (non-hydrogen) atoms. The van der Waals surface area contributed by atoms with Crippen molar-refractivity contribution >= 4 is 5.57 Å². The summed E-state index contributed by atoms with van der Waals surface area (Å²) in [7, 11) is 2.07. The van der Waals surface area contributed by atoms with Gasteiger partial charge >= 0.3 is 6.18 Å². The fourth-order valence-electron chi connectivity index (χ4n) is 5.35. The number of allylic oxidation sites excluding steroid dienone is 3. The summed E-state index contributed by atoms with van der Waals surface area (Å²) < 4.78 is 66.2. The maximum atomic E-state index is 14.9. The number of rotatable bonds is 5. The molecule has 0 N–H and O–H groups in total. The van der Waals surface area contributed by atoms with Crippen LogP contribution in [0.25, 0.3) is 5.57 Å². The molecular formula is C29H43F4NO2. The van der Waals surface area contributed by atoms with Gasteiger partial charge in [-0.15, -0.1) is 0 Å². The molecule has 2 fully saturated rings. The van der Waals surface area contributed by atoms with Gasteiger partial charge in [-0.05, 0) is 56.1 Å². The van der Waals surface area contributed by atoms with Crippen LogP contribution in [-0.4, -0.2) is 44.4 Å². The second kappa shape index (κ2) is 13.1. The Kier molecular flexibility index (Phi) is 11.0. The maximum absolute atomic E-state index is 14.9. The van der Waals surface area contributed by atoms with Gasteiger partial charge in [0.15, 0.2) is 5.76 Å². The SMILES string of the molecule is CC.CC.CCN(C)CC[C@@H]1OCCC2(C)C3=C(c4ccc(C(F)(F)F)cc4)CCC(F)=C3OCC12. The highest BCUT2D eigenvalue weighted by atomic mass is 19.4. The molecule has 4 rings (SSSR count). The Morgan fingerprint density at radius 2 is 1.69 bits per heavy atom. The lowest BCUT2D eigenvalue weighted by atomic mass is 9.61. The van der Waals surface area contributed by atoms with Crippen LogP contribution in [0.5, 0.6) is 0 Å². The van der Waals surface area contributed by atoms with Crippen molar-refractivity contribution in [1.29, 1.82) is 0 Å². The predicted molar refractivity (Wildman–Crippen MR) is 138 cm³/mol. The van der Waals surface area contributed by atoms with Crippen LogP contribution < -0.4 is 0 Å². The van der Waals surface area contributed by atoms with Crippen molar-refractivity contribution in [2.45, 2.75) is 79.5 Å². The number of ether oxygens (including phenoxy) is 2. The molecule has 1 aliphatic carbocycles. The van der Waals surface area contributed by atoms with Crippen molar-refractivity contribution in [3.05, 3.63) is 52.6 Å². The summed E-state index contributed by atoms with van der Waals surface area (Å²) in [6, 6.07) is 5.22. The van der Waals surface area contributed by atoms with Crippen molar-refractivity contribution in [3.8, 4) is 0 Å². The number of hydrogen-bond donors (Lipinski definition) is 0. The second-order valence-electron chi connectivity index (χ2n) is 9.34. The van der Waals surface area contributed by atoms with Crippen LogP contribution in [0.4, 0.5) is 17.6 Å². The Morgan fingerprint density at radius 3 is 2.28 bits per heavy atom. The van der Waals surface area contributed by atoms with Gasteiger partial charge in [0, 0.05) is 36.5 Å². The summed E-state index contributed by atoms with van der Waals surface area (Å²) >= 11 is 0. The molecular weight excluding hydrogens is 470 g/mol. The largest absolute Gasteiger partial charge is 0.490 e. The zero-order valence-electron chi connectivity index (χ0n) is 22.9. The molecule has 7 heteroatoms. The summed E-state index contributed by atoms with van der Waals surface area (Å²) in [6.07, 6.45) is -2.14. The van der Waals surface area contributed by atoms with Gasteiger partial charge in [-0.1, -0.05) is 53.7 Å². The van der Waals surface area contributed by atoms with Gasteiger partial charge in [0.25, 0.3) is 0 Å². The monoisotopic (exact) mass is 513 g/mol. The lowest BCUT2D eigenvalue weighted by Gasteiger charge is -2.52. The van der Waals surface area contributed by atoms with Crippen molar-refractivity contribution in [2.75, 3.05) is 33.4 Å². The summed E-state index contributed by atoms with van der Waals surface area (Å²) in [5, 5.41) is 0. The van der Waals surface area contributed by atoms with Crippen LogP contribution in [0.2, 0.25) is 0 Å². The first-order valence-electron chi connectivity index (χ1n) is 13.4. The third-order valence-corrected chi connectivity index (χ3v) is 7.46. The minimum Gasteiger partial charge on any atom is -0.490 e. The summed E-state index contributed by atoms with van der Waals surface area (Å²) in [4.78, 5) is 2.23. The quantitative estimate of drug-likeness (QED) is 0.370. The van der Waals surface area contributed by atoms with Crippen molar-refractivity contribution in [3.63, 3.8) is 0 Å². The predicted octanol–water partition coefficient (Wildman–Crippen LogP) is 8.27. The van der Waals surface area contributed by atoms with Gasteiger partial charge in [0.2, 0.25) is 0 Å². The molecule has 2 aliphatic heterocycles. The third-order valence-electron chi connectivity index (χ3n) is 7.46. The van der Waals surface area contributed by atoms with E-state index in [1.807, 2.05) is 27.7 Å². The zero-order valence-corrected chi connectivity index (χ0v) is 22.9. The number of alkyl halides is 3. The van der Waals surface area contributed by atoms with Gasteiger partial charge in [-0.3, -0.25) is 0 Å². The van der Waals surface area contributed by atoms with Crippen LogP contribution in [-0.2, 0) is 15.7 Å². The van der Waals surface area contributed by atoms with Crippen LogP contribution in [0.3, 0.4) is 0 Å². The molecule has 2 heterocycles. The van der Waals surface area contributed by atoms with Crippen LogP contribution in [0, 0.1) is 11.3 Å². The maximum Gasteiger partial charge on any atom is 0.416 e. The number of hydrogen-bond acceptors (Lipinski definition) is 3. The Hall–Kier alpha value is -1.86. The molecule has 0 saturated carbocycles. The summed E-state index contributed by atoms with van der Waals surface area (Å²) in [5.41, 5.74) is 1.40. The van der Waals surface area contributed by atoms with Crippen molar-refractivity contribution in [2.24, 2.45) is 11.3 Å². The van der Waals surface area contributed by atoms with Crippen LogP contribution in [0.15, 0.2) is 41.4 Å². The molecule has 204 valence electrons. The molecule has 0 radical (unpaired) electrons. The van der Waals surface area contributed by atoms with Gasteiger partial charge < -0.3 is 14.4 Å². The molecule has 0 bridgehead atoms. The average molecular weight is 514 g/mol. The van der Waals surface area contributed by atoms with E-state index in [1.165, 1.54) is 12.1 Å². The average Bonchev–Trinajstić information content (AvgIpc) is 2.89. The fraction of sp³-hybridized carbons (Fsp3) is 0.655. The van der Waals surface area contributed by atoms with E-state index < -0.39 is 11.7 Å². The smallest absolute Gasteiger partial charge is 0.416 e. The highest BCUT2D eigenvalue weighted by Crippen LogP contribution is 2.56. The molecule has 1 aromatic rings. The normalized spacial score (nSPS) is 25.7. The molecule has 3 aliphatic rings. The van der Waals surface area contributed by atoms with E-state index in [9.17, 15) is 17.6 Å². The van der Waals surface area contributed by atoms with Crippen molar-refractivity contribution in [1.82, 2.24) is 4.90 Å². The number of fused-ring (bicyclic) bond motifs is 3. The molecule has 0 spiro atoms. The van der Waals surface area contributed by atoms with E-state index in [0.717, 1.165) is 49.2 Å². The molecule has 2 unspecified atom stereocenters. The second-order valence-corrected chi connectivity index (χ2v) is 9.34. The van der Waals surface area contributed by atoms with Gasteiger partial charge in [0.1, 0.15) is 5.83 Å². The molecule has 2 saturated heterocycles. The highest BCUT2D eigenvalue weighted by molar-refractivity contribution is 5.75. The van der Waals surface area contributed by atoms with Crippen LogP contribution in [0.1, 0.15) is 78.4 Å². The van der Waals surface area contributed by atoms with Gasteiger partial charge in [-0.2, -0.15) is 13.2 Å². The Bertz CT molecular complexity index is 907. The van der Waals surface area contributed by atoms with E-state index in [1.54, 1.807) is 0 Å². The molecule has 3 nitrogen and oxygen atoms in total. The number of halogens is 4. The fourth-order valence-corrected chi connectivity index (χ4v) is 5.35. The van der Waals surface area contributed by atoms with Crippen molar-refractivity contribution < 1.29 is 27.0 Å². The summed E-state index contributed by atoms with van der Waals surface area (Å²) in [5.74, 6) is 0.107. The first-order chi connectivity index (χ1) is 17.1. The lowest BCUT2D eigenvalue weighted by molar-refractivity contribution is -0.137. The highest BCUT2D eigenvalue weighted by Gasteiger charge is 2.52. The van der Waals surface area contributed by atoms with Gasteiger partial charge in [0.05, 0.1) is 18.3 Å². The molecule has 0 aromatic heterocycles. The van der Waals surface area contributed by atoms with Crippen LogP contribution >= 0.6 is 0 Å². The first kappa shape index (κ1) is 30.4. The number of nitrogens with zero attached hydrogens (tertiary/aromatic N) is 1. The van der Waals surface area contributed by atoms with E-state index in [4.69, 9.17) is 9.47 Å². The minimum atomic E-state index is -4.38. The standard InChI is InChI=1S/C25H31F4NO2.2C2H6/c1-4-30(3)13-11-21-19-15-32-23-20(26)10-9-18(22(23)24(19,2)12-14-31-21)16-5-7-17(8-6-16)25(27,28)29;2*1-2/h5-8,19,21H,4,9-15H2,1-3H3;2*1-2H3/t19?,21-,24?;;/m0../s1. The van der Waals surface area contributed by atoms with E-state index in [0.29, 0.717) is 31.0 Å². The first-order valence-corrected chi connectivity index (χ1v) is 13.4. The Morgan fingerprint density at radius 1 is 1.06 bits per heavy atom. The minimum absolute atomic E-state index is 0.00403. The lowest BCUT2D eigenvalue weighted by Crippen LogP contribution is -2.51. The number of benzene rings is 1. The topological polar surface area (TPSA) is 21.7 Å². The summed E-state index contributed by atoms with van der Waals surface area (Å²) in [6.45, 7) is 15.1. The van der Waals surface area contributed by atoms with Gasteiger partial charge in [-0.25, -0.2) is 4.39 Å². The molecule has 1 aromatic carbocycles. The molecule has 0 amide bonds. The Labute approximate surface area is 214 Å². The molecule has 3 atom stereocenters.